The molecule has 23 heavy (non-hydrogen) atoms. The molecule has 1 unspecified atom stereocenters. The van der Waals surface area contributed by atoms with Crippen LogP contribution in [0.4, 0.5) is 0 Å². The summed E-state index contributed by atoms with van der Waals surface area (Å²) in [6.45, 7) is 4.10. The molecule has 2 aromatic rings. The standard InChI is InChI=1S/C19H21NO3/c1-3-6-14(4-2)18(21)15-8-10-16(11-9-15)19(22)23-17-7-5-12-20-13-17/h5,7-14H,3-4,6H2,1-2H3. The van der Waals surface area contributed by atoms with Crippen LogP contribution in [0.25, 0.3) is 0 Å². The van der Waals surface area contributed by atoms with Gasteiger partial charge < -0.3 is 4.74 Å². The lowest BCUT2D eigenvalue weighted by Gasteiger charge is -2.12. The second-order valence-corrected chi connectivity index (χ2v) is 5.41. The van der Waals surface area contributed by atoms with Gasteiger partial charge in [0.1, 0.15) is 5.75 Å². The third kappa shape index (κ3) is 4.49. The second kappa shape index (κ2) is 8.22. The molecule has 0 amide bonds. The van der Waals surface area contributed by atoms with Crippen LogP contribution in [0, 0.1) is 5.92 Å². The van der Waals surface area contributed by atoms with Crippen LogP contribution in [0.2, 0.25) is 0 Å². The molecule has 1 aromatic carbocycles. The number of rotatable bonds is 7. The van der Waals surface area contributed by atoms with E-state index in [-0.39, 0.29) is 11.7 Å². The number of carbonyl (C=O) groups is 2. The van der Waals surface area contributed by atoms with Crippen LogP contribution in [0.1, 0.15) is 53.8 Å². The van der Waals surface area contributed by atoms with Crippen molar-refractivity contribution in [3.8, 4) is 5.75 Å². The number of ketones is 1. The van der Waals surface area contributed by atoms with Gasteiger partial charge in [-0.3, -0.25) is 9.78 Å². The summed E-state index contributed by atoms with van der Waals surface area (Å²) in [5.41, 5.74) is 1.05. The van der Waals surface area contributed by atoms with Crippen molar-refractivity contribution in [1.29, 1.82) is 0 Å². The molecule has 4 nitrogen and oxygen atoms in total. The first-order valence-corrected chi connectivity index (χ1v) is 7.92. The van der Waals surface area contributed by atoms with Gasteiger partial charge in [0.25, 0.3) is 0 Å². The largest absolute Gasteiger partial charge is 0.421 e. The van der Waals surface area contributed by atoms with E-state index in [0.29, 0.717) is 16.9 Å². The maximum absolute atomic E-state index is 12.4. The minimum absolute atomic E-state index is 0.0493. The Hall–Kier alpha value is -2.49. The Kier molecular flexibility index (Phi) is 6.03. The van der Waals surface area contributed by atoms with Crippen LogP contribution < -0.4 is 4.74 Å². The summed E-state index contributed by atoms with van der Waals surface area (Å²) in [6.07, 6.45) is 5.79. The second-order valence-electron chi connectivity index (χ2n) is 5.41. The van der Waals surface area contributed by atoms with Gasteiger partial charge in [-0.2, -0.15) is 0 Å². The van der Waals surface area contributed by atoms with Crippen LogP contribution in [-0.4, -0.2) is 16.7 Å². The molecule has 1 atom stereocenters. The first kappa shape index (κ1) is 16.9. The van der Waals surface area contributed by atoms with E-state index in [9.17, 15) is 9.59 Å². The number of carbonyl (C=O) groups excluding carboxylic acids is 2. The fourth-order valence-electron chi connectivity index (χ4n) is 2.45. The van der Waals surface area contributed by atoms with Crippen molar-refractivity contribution in [3.63, 3.8) is 0 Å². The van der Waals surface area contributed by atoms with E-state index in [0.717, 1.165) is 19.3 Å². The zero-order valence-corrected chi connectivity index (χ0v) is 13.5. The molecule has 0 N–H and O–H groups in total. The van der Waals surface area contributed by atoms with Gasteiger partial charge in [0.15, 0.2) is 5.78 Å². The van der Waals surface area contributed by atoms with Crippen molar-refractivity contribution >= 4 is 11.8 Å². The van der Waals surface area contributed by atoms with Crippen molar-refractivity contribution in [2.75, 3.05) is 0 Å². The number of ether oxygens (including phenoxy) is 1. The van der Waals surface area contributed by atoms with E-state index in [1.807, 2.05) is 6.92 Å². The quantitative estimate of drug-likeness (QED) is 0.565. The van der Waals surface area contributed by atoms with E-state index in [4.69, 9.17) is 4.74 Å². The highest BCUT2D eigenvalue weighted by Crippen LogP contribution is 2.18. The van der Waals surface area contributed by atoms with E-state index >= 15 is 0 Å². The molecule has 0 aliphatic heterocycles. The number of pyridine rings is 1. The van der Waals surface area contributed by atoms with Crippen molar-refractivity contribution in [3.05, 3.63) is 59.9 Å². The lowest BCUT2D eigenvalue weighted by atomic mass is 9.91. The maximum atomic E-state index is 12.4. The normalized spacial score (nSPS) is 11.7. The summed E-state index contributed by atoms with van der Waals surface area (Å²) in [5, 5.41) is 0. The third-order valence-electron chi connectivity index (χ3n) is 3.75. The van der Waals surface area contributed by atoms with Gasteiger partial charge in [-0.15, -0.1) is 0 Å². The highest BCUT2D eigenvalue weighted by atomic mass is 16.5. The Balaban J connectivity index is 2.07. The number of Topliss-reactive ketones (excluding diaryl/α,β-unsaturated/α-hetero) is 1. The zero-order chi connectivity index (χ0) is 16.7. The Labute approximate surface area is 136 Å². The number of hydrogen-bond acceptors (Lipinski definition) is 4. The molecule has 0 radical (unpaired) electrons. The van der Waals surface area contributed by atoms with Gasteiger partial charge in [-0.25, -0.2) is 4.79 Å². The summed E-state index contributed by atoms with van der Waals surface area (Å²) in [4.78, 5) is 28.4. The van der Waals surface area contributed by atoms with Crippen molar-refractivity contribution in [2.45, 2.75) is 33.1 Å². The third-order valence-corrected chi connectivity index (χ3v) is 3.75. The first-order valence-electron chi connectivity index (χ1n) is 7.92. The Morgan fingerprint density at radius 3 is 2.35 bits per heavy atom. The lowest BCUT2D eigenvalue weighted by molar-refractivity contribution is 0.0733. The van der Waals surface area contributed by atoms with E-state index in [1.54, 1.807) is 42.6 Å². The molecule has 0 saturated carbocycles. The van der Waals surface area contributed by atoms with Gasteiger partial charge in [0.05, 0.1) is 11.8 Å². The average molecular weight is 311 g/mol. The monoisotopic (exact) mass is 311 g/mol. The van der Waals surface area contributed by atoms with Gasteiger partial charge in [0, 0.05) is 17.7 Å². The number of nitrogens with zero attached hydrogens (tertiary/aromatic N) is 1. The lowest BCUT2D eigenvalue weighted by Crippen LogP contribution is -2.14. The Bertz CT molecular complexity index is 650. The van der Waals surface area contributed by atoms with Crippen molar-refractivity contribution < 1.29 is 14.3 Å². The van der Waals surface area contributed by atoms with Crippen LogP contribution >= 0.6 is 0 Å². The summed E-state index contributed by atoms with van der Waals surface area (Å²) >= 11 is 0. The Morgan fingerprint density at radius 2 is 1.78 bits per heavy atom. The van der Waals surface area contributed by atoms with Crippen LogP contribution in [0.15, 0.2) is 48.8 Å². The van der Waals surface area contributed by atoms with Gasteiger partial charge in [-0.1, -0.05) is 32.4 Å². The zero-order valence-electron chi connectivity index (χ0n) is 13.5. The number of hydrogen-bond donors (Lipinski definition) is 0. The maximum Gasteiger partial charge on any atom is 0.343 e. The summed E-state index contributed by atoms with van der Waals surface area (Å²) in [7, 11) is 0. The number of esters is 1. The van der Waals surface area contributed by atoms with Crippen LogP contribution in [-0.2, 0) is 0 Å². The molecule has 0 bridgehead atoms. The molecule has 120 valence electrons. The van der Waals surface area contributed by atoms with Crippen molar-refractivity contribution in [1.82, 2.24) is 4.98 Å². The van der Waals surface area contributed by atoms with E-state index in [2.05, 4.69) is 11.9 Å². The summed E-state index contributed by atoms with van der Waals surface area (Å²) < 4.78 is 5.22. The molecule has 0 saturated heterocycles. The fourth-order valence-corrected chi connectivity index (χ4v) is 2.45. The predicted octanol–water partition coefficient (Wildman–Crippen LogP) is 4.31. The smallest absolute Gasteiger partial charge is 0.343 e. The molecule has 0 spiro atoms. The first-order chi connectivity index (χ1) is 11.2. The fraction of sp³-hybridized carbons (Fsp3) is 0.316. The number of benzene rings is 1. The molecule has 0 fully saturated rings. The molecule has 2 rings (SSSR count). The van der Waals surface area contributed by atoms with Crippen molar-refractivity contribution in [2.24, 2.45) is 5.92 Å². The minimum Gasteiger partial charge on any atom is -0.421 e. The predicted molar refractivity (Wildman–Crippen MR) is 88.7 cm³/mol. The van der Waals surface area contributed by atoms with Crippen LogP contribution in [0.3, 0.4) is 0 Å². The van der Waals surface area contributed by atoms with Gasteiger partial charge in [-0.05, 0) is 37.1 Å². The molecule has 4 heteroatoms. The number of aromatic nitrogens is 1. The minimum atomic E-state index is -0.461. The average Bonchev–Trinajstić information content (AvgIpc) is 2.60. The topological polar surface area (TPSA) is 56.3 Å². The van der Waals surface area contributed by atoms with E-state index in [1.165, 1.54) is 6.20 Å². The molecule has 0 aliphatic rings. The molecule has 1 heterocycles. The molecular weight excluding hydrogens is 290 g/mol. The molecular formula is C19H21NO3. The SMILES string of the molecule is CCCC(CC)C(=O)c1ccc(C(=O)Oc2cccnc2)cc1. The molecule has 1 aromatic heterocycles. The molecule has 0 aliphatic carbocycles. The highest BCUT2D eigenvalue weighted by molar-refractivity contribution is 5.99. The Morgan fingerprint density at radius 1 is 1.09 bits per heavy atom. The van der Waals surface area contributed by atoms with E-state index < -0.39 is 5.97 Å². The summed E-state index contributed by atoms with van der Waals surface area (Å²) in [5.74, 6) is 0.124. The van der Waals surface area contributed by atoms with Gasteiger partial charge in [0.2, 0.25) is 0 Å². The van der Waals surface area contributed by atoms with Crippen LogP contribution in [0.5, 0.6) is 5.75 Å². The summed E-state index contributed by atoms with van der Waals surface area (Å²) in [6, 6.07) is 10.0. The van der Waals surface area contributed by atoms with Gasteiger partial charge >= 0.3 is 5.97 Å². The highest BCUT2D eigenvalue weighted by Gasteiger charge is 2.18.